The van der Waals surface area contributed by atoms with Gasteiger partial charge in [-0.25, -0.2) is 19.3 Å². The Bertz CT molecular complexity index is 1430. The van der Waals surface area contributed by atoms with E-state index in [4.69, 9.17) is 4.52 Å². The van der Waals surface area contributed by atoms with Gasteiger partial charge in [-0.2, -0.15) is 0 Å². The highest BCUT2D eigenvalue weighted by Crippen LogP contribution is 2.24. The Hall–Kier alpha value is -4.47. The molecule has 0 aliphatic rings. The molecule has 0 spiro atoms. The molecule has 0 fully saturated rings. The van der Waals surface area contributed by atoms with Gasteiger partial charge < -0.3 is 14.8 Å². The molecule has 164 valence electrons. The summed E-state index contributed by atoms with van der Waals surface area (Å²) in [6, 6.07) is 11.6. The molecule has 2 N–H and O–H groups in total. The maximum Gasteiger partial charge on any atom is 0.270 e. The van der Waals surface area contributed by atoms with Crippen LogP contribution in [0.2, 0.25) is 0 Å². The first-order valence-electron chi connectivity index (χ1n) is 10.2. The Morgan fingerprint density at radius 2 is 2.12 bits per heavy atom. The zero-order valence-corrected chi connectivity index (χ0v) is 17.5. The van der Waals surface area contributed by atoms with Crippen molar-refractivity contribution in [3.05, 3.63) is 78.1 Å². The molecular weight excluding hydrogens is 425 g/mol. The molecule has 0 saturated carbocycles. The number of pyridine rings is 1. The highest BCUT2D eigenvalue weighted by molar-refractivity contribution is 5.93. The minimum absolute atomic E-state index is 0.223. The van der Waals surface area contributed by atoms with Crippen LogP contribution < -0.4 is 5.32 Å². The van der Waals surface area contributed by atoms with Gasteiger partial charge >= 0.3 is 0 Å². The van der Waals surface area contributed by atoms with E-state index in [2.05, 4.69) is 35.4 Å². The van der Waals surface area contributed by atoms with E-state index in [0.717, 1.165) is 5.56 Å². The lowest BCUT2D eigenvalue weighted by molar-refractivity contribution is 0.0933. The third kappa shape index (κ3) is 4.18. The molecule has 0 aliphatic carbocycles. The van der Waals surface area contributed by atoms with Gasteiger partial charge in [0.05, 0.1) is 22.8 Å². The molecule has 1 atom stereocenters. The Morgan fingerprint density at radius 1 is 1.21 bits per heavy atom. The molecule has 10 heteroatoms. The van der Waals surface area contributed by atoms with Gasteiger partial charge in [0.25, 0.3) is 5.91 Å². The van der Waals surface area contributed by atoms with Crippen LogP contribution in [-0.4, -0.2) is 36.0 Å². The van der Waals surface area contributed by atoms with Crippen LogP contribution in [0.3, 0.4) is 0 Å². The summed E-state index contributed by atoms with van der Waals surface area (Å²) >= 11 is 0. The van der Waals surface area contributed by atoms with E-state index in [-0.39, 0.29) is 11.6 Å². The van der Waals surface area contributed by atoms with E-state index in [1.807, 2.05) is 6.07 Å². The van der Waals surface area contributed by atoms with Gasteiger partial charge in [0, 0.05) is 24.0 Å². The molecule has 0 unspecified atom stereocenters. The summed E-state index contributed by atoms with van der Waals surface area (Å²) in [4.78, 5) is 32.7. The average Bonchev–Trinajstić information content (AvgIpc) is 3.51. The SMILES string of the molecule is C[C@H](NC(=O)c1cc(-c2cccnc2)ncn1)c1cc(-c2nc3ccc(CF)cc3[nH]2)on1. The predicted octanol–water partition coefficient (Wildman–Crippen LogP) is 4.03. The van der Waals surface area contributed by atoms with Crippen molar-refractivity contribution in [1.82, 2.24) is 35.4 Å². The summed E-state index contributed by atoms with van der Waals surface area (Å²) in [7, 11) is 0. The van der Waals surface area contributed by atoms with Gasteiger partial charge in [-0.3, -0.25) is 9.78 Å². The van der Waals surface area contributed by atoms with Gasteiger partial charge in [-0.1, -0.05) is 11.2 Å². The van der Waals surface area contributed by atoms with Crippen LogP contribution in [0.15, 0.2) is 65.7 Å². The molecular formula is C23H18FN7O2. The zero-order chi connectivity index (χ0) is 22.8. The van der Waals surface area contributed by atoms with Crippen molar-refractivity contribution in [2.45, 2.75) is 19.6 Å². The van der Waals surface area contributed by atoms with E-state index < -0.39 is 12.7 Å². The summed E-state index contributed by atoms with van der Waals surface area (Å²) in [6.07, 6.45) is 4.67. The number of nitrogens with zero attached hydrogens (tertiary/aromatic N) is 5. The largest absolute Gasteiger partial charge is 0.353 e. The number of rotatable bonds is 6. The normalized spacial score (nSPS) is 12.1. The van der Waals surface area contributed by atoms with Crippen LogP contribution in [0.5, 0.6) is 0 Å². The first kappa shape index (κ1) is 20.4. The zero-order valence-electron chi connectivity index (χ0n) is 17.5. The predicted molar refractivity (Wildman–Crippen MR) is 118 cm³/mol. The van der Waals surface area contributed by atoms with Crippen molar-refractivity contribution in [2.75, 3.05) is 0 Å². The lowest BCUT2D eigenvalue weighted by Crippen LogP contribution is -2.27. The molecule has 9 nitrogen and oxygen atoms in total. The summed E-state index contributed by atoms with van der Waals surface area (Å²) in [5.41, 5.74) is 4.07. The summed E-state index contributed by atoms with van der Waals surface area (Å²) in [6.45, 7) is 1.24. The minimum atomic E-state index is -0.552. The van der Waals surface area contributed by atoms with Crippen LogP contribution >= 0.6 is 0 Å². The standard InChI is InChI=1S/C23H18FN7O2/c1-13(28-23(32)20-8-18(26-12-27-20)15-3-2-6-25-11-15)17-9-21(33-31-17)22-29-16-5-4-14(10-24)7-19(16)30-22/h2-9,11-13H,10H2,1H3,(H,28,32)(H,29,30)/t13-/m0/s1. The average molecular weight is 443 g/mol. The highest BCUT2D eigenvalue weighted by atomic mass is 19.1. The minimum Gasteiger partial charge on any atom is -0.353 e. The van der Waals surface area contributed by atoms with E-state index in [0.29, 0.717) is 39.6 Å². The van der Waals surface area contributed by atoms with Crippen LogP contribution in [0.1, 0.15) is 34.7 Å². The molecule has 5 aromatic rings. The molecule has 0 radical (unpaired) electrons. The van der Waals surface area contributed by atoms with Gasteiger partial charge in [0.15, 0.2) is 5.82 Å². The third-order valence-corrected chi connectivity index (χ3v) is 5.11. The van der Waals surface area contributed by atoms with Gasteiger partial charge in [0.1, 0.15) is 24.4 Å². The fourth-order valence-electron chi connectivity index (χ4n) is 3.36. The second kappa shape index (κ2) is 8.58. The molecule has 1 aromatic carbocycles. The van der Waals surface area contributed by atoms with Crippen molar-refractivity contribution < 1.29 is 13.7 Å². The Balaban J connectivity index is 1.32. The molecule has 4 aromatic heterocycles. The summed E-state index contributed by atoms with van der Waals surface area (Å²) < 4.78 is 18.3. The molecule has 5 rings (SSSR count). The van der Waals surface area contributed by atoms with Crippen molar-refractivity contribution in [3.8, 4) is 22.8 Å². The number of carbonyl (C=O) groups excluding carboxylic acids is 1. The number of fused-ring (bicyclic) bond motifs is 1. The topological polar surface area (TPSA) is 122 Å². The van der Waals surface area contributed by atoms with Crippen LogP contribution in [0.4, 0.5) is 4.39 Å². The fourth-order valence-corrected chi connectivity index (χ4v) is 3.36. The third-order valence-electron chi connectivity index (χ3n) is 5.11. The quantitative estimate of drug-likeness (QED) is 0.406. The number of hydrogen-bond acceptors (Lipinski definition) is 7. The number of aromatic amines is 1. The van der Waals surface area contributed by atoms with Crippen molar-refractivity contribution in [3.63, 3.8) is 0 Å². The maximum absolute atomic E-state index is 12.9. The Labute approximate surface area is 187 Å². The van der Waals surface area contributed by atoms with E-state index >= 15 is 0 Å². The van der Waals surface area contributed by atoms with Crippen LogP contribution in [-0.2, 0) is 6.67 Å². The number of alkyl halides is 1. The lowest BCUT2D eigenvalue weighted by Gasteiger charge is -2.10. The second-order valence-electron chi connectivity index (χ2n) is 7.41. The number of H-pyrrole nitrogens is 1. The van der Waals surface area contributed by atoms with Gasteiger partial charge in [-0.15, -0.1) is 0 Å². The number of halogens is 1. The highest BCUT2D eigenvalue weighted by Gasteiger charge is 2.19. The van der Waals surface area contributed by atoms with Crippen LogP contribution in [0, 0.1) is 0 Å². The number of carbonyl (C=O) groups is 1. The second-order valence-corrected chi connectivity index (χ2v) is 7.41. The van der Waals surface area contributed by atoms with Gasteiger partial charge in [0.2, 0.25) is 5.76 Å². The van der Waals surface area contributed by atoms with Crippen LogP contribution in [0.25, 0.3) is 33.9 Å². The number of benzene rings is 1. The van der Waals surface area contributed by atoms with Gasteiger partial charge in [-0.05, 0) is 42.8 Å². The summed E-state index contributed by atoms with van der Waals surface area (Å²) in [5.74, 6) is 0.502. The lowest BCUT2D eigenvalue weighted by atomic mass is 10.1. The first-order chi connectivity index (χ1) is 16.1. The molecule has 0 bridgehead atoms. The number of hydrogen-bond donors (Lipinski definition) is 2. The molecule has 33 heavy (non-hydrogen) atoms. The number of amides is 1. The van der Waals surface area contributed by atoms with E-state index in [1.54, 1.807) is 55.7 Å². The van der Waals surface area contributed by atoms with Crippen molar-refractivity contribution in [2.24, 2.45) is 0 Å². The monoisotopic (exact) mass is 443 g/mol. The Kier molecular flexibility index (Phi) is 5.31. The number of nitrogens with one attached hydrogen (secondary N) is 2. The number of aromatic nitrogens is 6. The van der Waals surface area contributed by atoms with E-state index in [9.17, 15) is 9.18 Å². The Morgan fingerprint density at radius 3 is 2.94 bits per heavy atom. The van der Waals surface area contributed by atoms with E-state index in [1.165, 1.54) is 6.33 Å². The fraction of sp³-hybridized carbons (Fsp3) is 0.130. The first-order valence-corrected chi connectivity index (χ1v) is 10.2. The molecule has 4 heterocycles. The maximum atomic E-state index is 12.9. The molecule has 0 saturated heterocycles. The smallest absolute Gasteiger partial charge is 0.270 e. The summed E-state index contributed by atoms with van der Waals surface area (Å²) in [5, 5.41) is 6.92. The van der Waals surface area contributed by atoms with Crippen molar-refractivity contribution >= 4 is 16.9 Å². The molecule has 1 amide bonds. The number of imidazole rings is 1. The van der Waals surface area contributed by atoms with Crippen molar-refractivity contribution in [1.29, 1.82) is 0 Å². The molecule has 0 aliphatic heterocycles.